The maximum atomic E-state index is 13.5. The van der Waals surface area contributed by atoms with Crippen LogP contribution in [0.15, 0.2) is 24.3 Å². The van der Waals surface area contributed by atoms with Crippen molar-refractivity contribution in [3.63, 3.8) is 0 Å². The number of para-hydroxylation sites is 2. The van der Waals surface area contributed by atoms with E-state index in [1.807, 2.05) is 36.1 Å². The molecule has 4 bridgehead atoms. The first-order valence-corrected chi connectivity index (χ1v) is 11.4. The average Bonchev–Trinajstić information content (AvgIpc) is 2.72. The van der Waals surface area contributed by atoms with Crippen LogP contribution in [0.25, 0.3) is 11.0 Å². The van der Waals surface area contributed by atoms with E-state index in [2.05, 4.69) is 11.9 Å². The van der Waals surface area contributed by atoms with Crippen molar-refractivity contribution in [2.24, 2.45) is 29.4 Å². The van der Waals surface area contributed by atoms with Crippen molar-refractivity contribution in [1.29, 1.82) is 0 Å². The number of hydrogen-bond donors (Lipinski definition) is 1. The van der Waals surface area contributed by atoms with Crippen LogP contribution in [0.3, 0.4) is 0 Å². The Bertz CT molecular complexity index is 1010. The van der Waals surface area contributed by atoms with Crippen LogP contribution in [0.5, 0.6) is 0 Å². The van der Waals surface area contributed by atoms with E-state index in [4.69, 9.17) is 10.7 Å². The monoisotopic (exact) mass is 406 g/mol. The Hall–Kier alpha value is -2.50. The third-order valence-corrected chi connectivity index (χ3v) is 7.92. The van der Waals surface area contributed by atoms with Gasteiger partial charge >= 0.3 is 0 Å². The van der Waals surface area contributed by atoms with Crippen LogP contribution < -0.4 is 10.6 Å². The number of amides is 2. The minimum atomic E-state index is -0.630. The van der Waals surface area contributed by atoms with E-state index in [1.165, 1.54) is 19.3 Å². The molecule has 6 heteroatoms. The molecule has 1 aromatic heterocycles. The summed E-state index contributed by atoms with van der Waals surface area (Å²) in [5.74, 6) is 2.14. The summed E-state index contributed by atoms with van der Waals surface area (Å²) in [5.41, 5.74) is 6.90. The highest BCUT2D eigenvalue weighted by atomic mass is 16.2. The third-order valence-electron chi connectivity index (χ3n) is 7.92. The van der Waals surface area contributed by atoms with Gasteiger partial charge in [0.05, 0.1) is 16.6 Å². The van der Waals surface area contributed by atoms with Gasteiger partial charge in [0.1, 0.15) is 0 Å². The molecule has 6 nitrogen and oxygen atoms in total. The lowest BCUT2D eigenvalue weighted by Gasteiger charge is -2.64. The largest absolute Gasteiger partial charge is 0.364 e. The molecule has 2 amide bonds. The third kappa shape index (κ3) is 2.76. The Labute approximate surface area is 177 Å². The summed E-state index contributed by atoms with van der Waals surface area (Å²) in [4.78, 5) is 37.2. The second-order valence-corrected chi connectivity index (χ2v) is 9.56. The minimum Gasteiger partial charge on any atom is -0.364 e. The van der Waals surface area contributed by atoms with Crippen LogP contribution in [-0.4, -0.2) is 27.3 Å². The first-order valence-electron chi connectivity index (χ1n) is 11.4. The molecule has 0 radical (unpaired) electrons. The standard InChI is InChI=1S/C24H30N4O2/c1-3-17-16-10-14-9-15(11-16)13-24(17,12-14)28(20(29)4-2)23-21(22(25)30)26-18-7-5-6-8-19(18)27-23/h5-8,14-17H,3-4,9-13H2,1-2H3,(H2,25,30). The van der Waals surface area contributed by atoms with Crippen LogP contribution in [0.1, 0.15) is 69.3 Å². The van der Waals surface area contributed by atoms with Gasteiger partial charge in [0.2, 0.25) is 5.91 Å². The maximum Gasteiger partial charge on any atom is 0.271 e. The first kappa shape index (κ1) is 19.5. The van der Waals surface area contributed by atoms with Crippen molar-refractivity contribution in [1.82, 2.24) is 9.97 Å². The fraction of sp³-hybridized carbons (Fsp3) is 0.583. The molecule has 3 atom stereocenters. The topological polar surface area (TPSA) is 89.2 Å². The number of nitrogens with two attached hydrogens (primary N) is 1. The molecule has 4 aliphatic rings. The smallest absolute Gasteiger partial charge is 0.271 e. The molecule has 0 aliphatic heterocycles. The number of benzene rings is 1. The van der Waals surface area contributed by atoms with E-state index >= 15 is 0 Å². The molecular formula is C24H30N4O2. The van der Waals surface area contributed by atoms with Gasteiger partial charge in [0, 0.05) is 6.42 Å². The molecule has 1 aromatic carbocycles. The van der Waals surface area contributed by atoms with Crippen LogP contribution in [-0.2, 0) is 4.79 Å². The summed E-state index contributed by atoms with van der Waals surface area (Å²) in [6, 6.07) is 7.46. The molecule has 1 heterocycles. The van der Waals surface area contributed by atoms with Crippen LogP contribution in [0.2, 0.25) is 0 Å². The molecule has 4 saturated carbocycles. The van der Waals surface area contributed by atoms with Gasteiger partial charge in [-0.15, -0.1) is 0 Å². The van der Waals surface area contributed by atoms with E-state index < -0.39 is 5.91 Å². The van der Waals surface area contributed by atoms with Gasteiger partial charge in [-0.3, -0.25) is 14.5 Å². The van der Waals surface area contributed by atoms with Gasteiger partial charge in [0.15, 0.2) is 11.5 Å². The van der Waals surface area contributed by atoms with E-state index in [9.17, 15) is 9.59 Å². The summed E-state index contributed by atoms with van der Waals surface area (Å²) in [5, 5.41) is 0. The Morgan fingerprint density at radius 3 is 2.27 bits per heavy atom. The van der Waals surface area contributed by atoms with Crippen molar-refractivity contribution < 1.29 is 9.59 Å². The zero-order valence-electron chi connectivity index (χ0n) is 17.8. The molecule has 0 saturated heterocycles. The number of anilines is 1. The van der Waals surface area contributed by atoms with E-state index in [0.717, 1.165) is 19.3 Å². The molecule has 158 valence electrons. The highest BCUT2D eigenvalue weighted by Crippen LogP contribution is 2.62. The van der Waals surface area contributed by atoms with Crippen molar-refractivity contribution >= 4 is 28.7 Å². The molecule has 3 unspecified atom stereocenters. The van der Waals surface area contributed by atoms with Gasteiger partial charge in [-0.05, 0) is 67.9 Å². The van der Waals surface area contributed by atoms with Crippen molar-refractivity contribution in [3.8, 4) is 0 Å². The molecule has 4 aliphatic carbocycles. The summed E-state index contributed by atoms with van der Waals surface area (Å²) in [7, 11) is 0. The fourth-order valence-electron chi connectivity index (χ4n) is 7.21. The quantitative estimate of drug-likeness (QED) is 0.810. The SMILES string of the molecule is CCC(=O)N(c1nc2ccccc2nc1C(N)=O)C12CC3CC(CC(C3)C1CC)C2. The van der Waals surface area contributed by atoms with E-state index in [-0.39, 0.29) is 17.1 Å². The number of fused-ring (bicyclic) bond motifs is 1. The number of hydrogen-bond acceptors (Lipinski definition) is 4. The lowest BCUT2D eigenvalue weighted by atomic mass is 9.47. The first-order chi connectivity index (χ1) is 14.5. The zero-order valence-corrected chi connectivity index (χ0v) is 17.8. The highest BCUT2D eigenvalue weighted by molar-refractivity contribution is 6.04. The van der Waals surface area contributed by atoms with Gasteiger partial charge < -0.3 is 5.73 Å². The molecule has 6 rings (SSSR count). The van der Waals surface area contributed by atoms with E-state index in [1.54, 1.807) is 0 Å². The Balaban J connectivity index is 1.74. The number of primary amides is 1. The second-order valence-electron chi connectivity index (χ2n) is 9.56. The Morgan fingerprint density at radius 2 is 1.70 bits per heavy atom. The van der Waals surface area contributed by atoms with Crippen molar-refractivity contribution in [2.45, 2.75) is 64.3 Å². The maximum absolute atomic E-state index is 13.5. The average molecular weight is 407 g/mol. The van der Waals surface area contributed by atoms with Crippen LogP contribution >= 0.6 is 0 Å². The van der Waals surface area contributed by atoms with Crippen LogP contribution in [0, 0.1) is 23.7 Å². The number of carbonyl (C=O) groups is 2. The molecular weight excluding hydrogens is 376 g/mol. The number of rotatable bonds is 5. The summed E-state index contributed by atoms with van der Waals surface area (Å²) in [6.45, 7) is 4.12. The summed E-state index contributed by atoms with van der Waals surface area (Å²) in [6.07, 6.45) is 7.21. The van der Waals surface area contributed by atoms with Crippen molar-refractivity contribution in [2.75, 3.05) is 4.90 Å². The predicted octanol–water partition coefficient (Wildman–Crippen LogP) is 4.08. The number of nitrogens with zero attached hydrogens (tertiary/aromatic N) is 3. The van der Waals surface area contributed by atoms with E-state index in [0.29, 0.717) is 46.9 Å². The number of aromatic nitrogens is 2. The van der Waals surface area contributed by atoms with Crippen molar-refractivity contribution in [3.05, 3.63) is 30.0 Å². The highest BCUT2D eigenvalue weighted by Gasteiger charge is 2.60. The van der Waals surface area contributed by atoms with Gasteiger partial charge in [-0.1, -0.05) is 32.4 Å². The summed E-state index contributed by atoms with van der Waals surface area (Å²) >= 11 is 0. The Kier molecular flexibility index (Phi) is 4.56. The zero-order chi connectivity index (χ0) is 21.0. The minimum absolute atomic E-state index is 0.0162. The summed E-state index contributed by atoms with van der Waals surface area (Å²) < 4.78 is 0. The second kappa shape index (κ2) is 7.03. The van der Waals surface area contributed by atoms with Gasteiger partial charge in [0.25, 0.3) is 5.91 Å². The molecule has 2 N–H and O–H groups in total. The molecule has 4 fully saturated rings. The predicted molar refractivity (Wildman–Crippen MR) is 116 cm³/mol. The lowest BCUT2D eigenvalue weighted by molar-refractivity contribution is -0.125. The lowest BCUT2D eigenvalue weighted by Crippen LogP contribution is -2.67. The molecule has 2 aromatic rings. The fourth-order valence-corrected chi connectivity index (χ4v) is 7.21. The van der Waals surface area contributed by atoms with Crippen LogP contribution in [0.4, 0.5) is 5.82 Å². The normalized spacial score (nSPS) is 31.8. The van der Waals surface area contributed by atoms with Gasteiger partial charge in [-0.25, -0.2) is 9.97 Å². The molecule has 30 heavy (non-hydrogen) atoms. The van der Waals surface area contributed by atoms with Gasteiger partial charge in [-0.2, -0.15) is 0 Å². The number of carbonyl (C=O) groups excluding carboxylic acids is 2. The Morgan fingerprint density at radius 1 is 1.07 bits per heavy atom. The molecule has 0 spiro atoms.